The summed E-state index contributed by atoms with van der Waals surface area (Å²) < 4.78 is 10.5. The maximum atomic E-state index is 12.7. The van der Waals surface area contributed by atoms with Gasteiger partial charge in [0.25, 0.3) is 5.91 Å². The van der Waals surface area contributed by atoms with Gasteiger partial charge in [0, 0.05) is 20.2 Å². The Morgan fingerprint density at radius 2 is 2.09 bits per heavy atom. The number of methoxy groups -OCH3 is 2. The molecular weight excluding hydrogens is 436 g/mol. The van der Waals surface area contributed by atoms with Crippen molar-refractivity contribution < 1.29 is 19.1 Å². The van der Waals surface area contributed by atoms with Crippen LogP contribution in [0.15, 0.2) is 18.2 Å². The van der Waals surface area contributed by atoms with Crippen LogP contribution < -0.4 is 10.2 Å². The molecule has 1 fully saturated rings. The van der Waals surface area contributed by atoms with E-state index in [4.69, 9.17) is 21.1 Å². The van der Waals surface area contributed by atoms with Crippen LogP contribution in [0.3, 0.4) is 0 Å². The van der Waals surface area contributed by atoms with Crippen molar-refractivity contribution in [3.63, 3.8) is 0 Å². The average Bonchev–Trinajstić information content (AvgIpc) is 3.41. The Kier molecular flexibility index (Phi) is 6.33. The Morgan fingerprint density at radius 1 is 1.28 bits per heavy atom. The first-order chi connectivity index (χ1) is 15.4. The number of amides is 1. The first-order valence-electron chi connectivity index (χ1n) is 10.3. The third-order valence-corrected chi connectivity index (χ3v) is 5.99. The summed E-state index contributed by atoms with van der Waals surface area (Å²) in [5, 5.41) is 3.31. The fourth-order valence-corrected chi connectivity index (χ4v) is 4.19. The molecule has 0 radical (unpaired) electrons. The molecule has 11 heteroatoms. The molecule has 0 bridgehead atoms. The van der Waals surface area contributed by atoms with Crippen LogP contribution in [-0.2, 0) is 15.9 Å². The van der Waals surface area contributed by atoms with E-state index in [1.807, 2.05) is 17.9 Å². The van der Waals surface area contributed by atoms with E-state index in [1.54, 1.807) is 19.2 Å². The second-order valence-corrected chi connectivity index (χ2v) is 7.91. The number of nitrogens with one attached hydrogen (secondary N) is 3. The van der Waals surface area contributed by atoms with Gasteiger partial charge in [-0.15, -0.1) is 0 Å². The number of carbonyl (C=O) groups excluding carboxylic acids is 2. The number of aromatic nitrogens is 4. The number of para-hydroxylation sites is 1. The minimum atomic E-state index is -0.436. The summed E-state index contributed by atoms with van der Waals surface area (Å²) in [4.78, 5) is 41.7. The van der Waals surface area contributed by atoms with E-state index in [9.17, 15) is 9.59 Å². The molecule has 2 unspecified atom stereocenters. The van der Waals surface area contributed by atoms with Gasteiger partial charge in [0.2, 0.25) is 5.95 Å². The number of fused-ring (bicyclic) bond motifs is 1. The Morgan fingerprint density at radius 3 is 2.78 bits per heavy atom. The zero-order valence-corrected chi connectivity index (χ0v) is 18.8. The zero-order chi connectivity index (χ0) is 22.8. The number of aryl methyl sites for hydroxylation is 1. The Balaban J connectivity index is 1.48. The number of halogens is 1. The predicted octanol–water partition coefficient (Wildman–Crippen LogP) is 2.31. The van der Waals surface area contributed by atoms with E-state index >= 15 is 0 Å². The van der Waals surface area contributed by atoms with Crippen LogP contribution in [0.1, 0.15) is 40.0 Å². The summed E-state index contributed by atoms with van der Waals surface area (Å²) in [6, 6.07) is 5.12. The van der Waals surface area contributed by atoms with Crippen LogP contribution in [0, 0.1) is 0 Å². The van der Waals surface area contributed by atoms with Crippen molar-refractivity contribution in [2.75, 3.05) is 32.2 Å². The molecule has 1 aliphatic rings. The lowest BCUT2D eigenvalue weighted by atomic mass is 10.0. The average molecular weight is 461 g/mol. The van der Waals surface area contributed by atoms with Gasteiger partial charge in [-0.3, -0.25) is 4.79 Å². The van der Waals surface area contributed by atoms with Crippen molar-refractivity contribution >= 4 is 40.5 Å². The minimum Gasteiger partial charge on any atom is -0.465 e. The van der Waals surface area contributed by atoms with Crippen molar-refractivity contribution in [3.05, 3.63) is 40.4 Å². The van der Waals surface area contributed by atoms with E-state index in [0.717, 1.165) is 11.2 Å². The summed E-state index contributed by atoms with van der Waals surface area (Å²) in [5.41, 5.74) is 2.43. The Labute approximate surface area is 189 Å². The molecule has 1 amide bonds. The summed E-state index contributed by atoms with van der Waals surface area (Å²) in [7, 11) is 2.96. The molecule has 1 aliphatic heterocycles. The van der Waals surface area contributed by atoms with E-state index in [2.05, 4.69) is 25.3 Å². The molecule has 4 rings (SSSR count). The lowest BCUT2D eigenvalue weighted by molar-refractivity contribution is 0.0536. The van der Waals surface area contributed by atoms with Crippen molar-refractivity contribution in [2.24, 2.45) is 0 Å². The first kappa shape index (κ1) is 22.1. The number of aromatic amines is 2. The van der Waals surface area contributed by atoms with Gasteiger partial charge >= 0.3 is 5.97 Å². The van der Waals surface area contributed by atoms with E-state index in [0.29, 0.717) is 48.1 Å². The second kappa shape index (κ2) is 9.17. The zero-order valence-electron chi connectivity index (χ0n) is 18.1. The molecule has 0 aliphatic carbocycles. The number of esters is 1. The highest BCUT2D eigenvalue weighted by Gasteiger charge is 2.33. The standard InChI is InChI=1S/C21H25ClN6O4/c1-4-12-17(22)27-18(23-12)19(29)24-13-8-9-28(10-15(13)31-2)21-25-14-7-5-6-11(16(14)26-21)20(30)32-3/h5-7,13,15H,4,8-10H2,1-3H3,(H,23,27)(H,24,29)(H,25,26). The topological polar surface area (TPSA) is 125 Å². The van der Waals surface area contributed by atoms with Gasteiger partial charge in [0.1, 0.15) is 5.52 Å². The van der Waals surface area contributed by atoms with Crippen molar-refractivity contribution in [3.8, 4) is 0 Å². The lowest BCUT2D eigenvalue weighted by Crippen LogP contribution is -2.55. The largest absolute Gasteiger partial charge is 0.465 e. The molecule has 2 aromatic heterocycles. The van der Waals surface area contributed by atoms with Gasteiger partial charge in [-0.05, 0) is 25.0 Å². The summed E-state index contributed by atoms with van der Waals surface area (Å²) >= 11 is 6.06. The first-order valence-corrected chi connectivity index (χ1v) is 10.7. The van der Waals surface area contributed by atoms with Gasteiger partial charge in [-0.1, -0.05) is 24.6 Å². The highest BCUT2D eigenvalue weighted by molar-refractivity contribution is 6.30. The Hall–Kier alpha value is -3.11. The number of imidazole rings is 2. The molecular formula is C21H25ClN6O4. The van der Waals surface area contributed by atoms with Crippen molar-refractivity contribution in [1.82, 2.24) is 25.3 Å². The number of nitrogens with zero attached hydrogens (tertiary/aromatic N) is 3. The number of hydrogen-bond donors (Lipinski definition) is 3. The van der Waals surface area contributed by atoms with E-state index < -0.39 is 5.97 Å². The van der Waals surface area contributed by atoms with Gasteiger partial charge in [0.05, 0.1) is 36.0 Å². The van der Waals surface area contributed by atoms with Gasteiger partial charge in [0.15, 0.2) is 11.0 Å². The Bertz CT molecular complexity index is 1140. The van der Waals surface area contributed by atoms with E-state index in [1.165, 1.54) is 7.11 Å². The summed E-state index contributed by atoms with van der Waals surface area (Å²) in [6.07, 6.45) is 1.03. The predicted molar refractivity (Wildman–Crippen MR) is 119 cm³/mol. The molecule has 170 valence electrons. The summed E-state index contributed by atoms with van der Waals surface area (Å²) in [5.74, 6) is 0.0676. The quantitative estimate of drug-likeness (QED) is 0.482. The molecule has 3 N–H and O–H groups in total. The molecule has 10 nitrogen and oxygen atoms in total. The molecule has 1 aromatic carbocycles. The lowest BCUT2D eigenvalue weighted by Gasteiger charge is -2.37. The number of piperidine rings is 1. The second-order valence-electron chi connectivity index (χ2n) is 7.55. The van der Waals surface area contributed by atoms with Crippen molar-refractivity contribution in [1.29, 1.82) is 0 Å². The highest BCUT2D eigenvalue weighted by atomic mass is 35.5. The fourth-order valence-electron chi connectivity index (χ4n) is 3.92. The van der Waals surface area contributed by atoms with Gasteiger partial charge in [-0.2, -0.15) is 0 Å². The number of benzene rings is 1. The minimum absolute atomic E-state index is 0.191. The molecule has 3 aromatic rings. The van der Waals surface area contributed by atoms with Crippen LogP contribution >= 0.6 is 11.6 Å². The third kappa shape index (κ3) is 4.15. The molecule has 1 saturated heterocycles. The number of hydrogen-bond acceptors (Lipinski definition) is 7. The third-order valence-electron chi connectivity index (χ3n) is 5.68. The van der Waals surface area contributed by atoms with Crippen molar-refractivity contribution in [2.45, 2.75) is 31.9 Å². The fraction of sp³-hybridized carbons (Fsp3) is 0.429. The van der Waals surface area contributed by atoms with Crippen LogP contribution in [-0.4, -0.2) is 71.3 Å². The maximum Gasteiger partial charge on any atom is 0.340 e. The summed E-state index contributed by atoms with van der Waals surface area (Å²) in [6.45, 7) is 3.08. The number of rotatable bonds is 6. The SMILES string of the molecule is CCc1[nH]c(C(=O)NC2CCN(c3nc4c(C(=O)OC)cccc4[nH]3)CC2OC)nc1Cl. The number of carbonyl (C=O) groups is 2. The van der Waals surface area contributed by atoms with Crippen LogP contribution in [0.25, 0.3) is 11.0 Å². The highest BCUT2D eigenvalue weighted by Crippen LogP contribution is 2.25. The number of ether oxygens (including phenoxy) is 2. The maximum absolute atomic E-state index is 12.7. The molecule has 0 saturated carbocycles. The number of anilines is 1. The van der Waals surface area contributed by atoms with Gasteiger partial charge in [-0.25, -0.2) is 14.8 Å². The van der Waals surface area contributed by atoms with Crippen LogP contribution in [0.5, 0.6) is 0 Å². The van der Waals surface area contributed by atoms with Crippen LogP contribution in [0.4, 0.5) is 5.95 Å². The monoisotopic (exact) mass is 460 g/mol. The molecule has 3 heterocycles. The molecule has 2 atom stereocenters. The smallest absolute Gasteiger partial charge is 0.340 e. The van der Waals surface area contributed by atoms with Gasteiger partial charge < -0.3 is 29.7 Å². The van der Waals surface area contributed by atoms with Crippen LogP contribution in [0.2, 0.25) is 5.15 Å². The molecule has 32 heavy (non-hydrogen) atoms. The van der Waals surface area contributed by atoms with E-state index in [-0.39, 0.29) is 23.9 Å². The molecule has 0 spiro atoms. The number of H-pyrrole nitrogens is 2. The normalized spacial score (nSPS) is 18.7.